The van der Waals surface area contributed by atoms with Crippen LogP contribution in [0.5, 0.6) is 5.75 Å². The first kappa shape index (κ1) is 9.46. The van der Waals surface area contributed by atoms with Crippen LogP contribution in [0, 0.1) is 5.82 Å². The number of fused-ring (bicyclic) bond motifs is 1. The first-order valence-corrected chi connectivity index (χ1v) is 4.92. The van der Waals surface area contributed by atoms with Crippen molar-refractivity contribution in [2.75, 3.05) is 0 Å². The summed E-state index contributed by atoms with van der Waals surface area (Å²) in [6.07, 6.45) is 1.85. The van der Waals surface area contributed by atoms with Gasteiger partial charge in [0.15, 0.2) is 0 Å². The van der Waals surface area contributed by atoms with Gasteiger partial charge in [-0.2, -0.15) is 0 Å². The number of ether oxygens (including phenoxy) is 1. The van der Waals surface area contributed by atoms with Crippen LogP contribution in [-0.4, -0.2) is 6.10 Å². The Labute approximate surface area is 82.9 Å². The van der Waals surface area contributed by atoms with Crippen molar-refractivity contribution in [3.05, 3.63) is 29.6 Å². The molecule has 0 fully saturated rings. The standard InChI is InChI=1S/C11H14FNO/c1-2-8-6-10(13)9-4-3-7(12)5-11(9)14-8/h3-5,8,10H,2,6,13H2,1H3/t8?,10-/m0/s1. The number of benzene rings is 1. The Morgan fingerprint density at radius 2 is 2.36 bits per heavy atom. The van der Waals surface area contributed by atoms with Crippen molar-refractivity contribution in [2.24, 2.45) is 5.73 Å². The Morgan fingerprint density at radius 1 is 1.57 bits per heavy atom. The molecule has 0 spiro atoms. The Morgan fingerprint density at radius 3 is 3.07 bits per heavy atom. The normalized spacial score (nSPS) is 25.4. The van der Waals surface area contributed by atoms with E-state index < -0.39 is 0 Å². The van der Waals surface area contributed by atoms with Crippen molar-refractivity contribution in [2.45, 2.75) is 31.9 Å². The van der Waals surface area contributed by atoms with Gasteiger partial charge in [-0.1, -0.05) is 13.0 Å². The molecule has 1 aromatic rings. The van der Waals surface area contributed by atoms with Crippen LogP contribution >= 0.6 is 0 Å². The maximum atomic E-state index is 12.9. The molecule has 2 atom stereocenters. The molecule has 14 heavy (non-hydrogen) atoms. The highest BCUT2D eigenvalue weighted by atomic mass is 19.1. The first-order chi connectivity index (χ1) is 6.70. The van der Waals surface area contributed by atoms with Gasteiger partial charge in [0.2, 0.25) is 0 Å². The quantitative estimate of drug-likeness (QED) is 0.746. The third kappa shape index (κ3) is 1.60. The molecule has 0 saturated carbocycles. The van der Waals surface area contributed by atoms with Crippen molar-refractivity contribution in [1.82, 2.24) is 0 Å². The Hall–Kier alpha value is -1.09. The van der Waals surface area contributed by atoms with Gasteiger partial charge in [-0.05, 0) is 12.5 Å². The van der Waals surface area contributed by atoms with Crippen molar-refractivity contribution < 1.29 is 9.13 Å². The number of rotatable bonds is 1. The molecule has 76 valence electrons. The fourth-order valence-electron chi connectivity index (χ4n) is 1.80. The highest BCUT2D eigenvalue weighted by Crippen LogP contribution is 2.34. The van der Waals surface area contributed by atoms with Gasteiger partial charge < -0.3 is 10.5 Å². The summed E-state index contributed by atoms with van der Waals surface area (Å²) in [5, 5.41) is 0. The van der Waals surface area contributed by atoms with Crippen LogP contribution in [0.25, 0.3) is 0 Å². The average molecular weight is 195 g/mol. The lowest BCUT2D eigenvalue weighted by molar-refractivity contribution is 0.154. The second kappa shape index (κ2) is 3.58. The molecule has 1 heterocycles. The van der Waals surface area contributed by atoms with Gasteiger partial charge in [0.1, 0.15) is 17.7 Å². The van der Waals surface area contributed by atoms with Crippen LogP contribution in [0.2, 0.25) is 0 Å². The zero-order chi connectivity index (χ0) is 10.1. The molecule has 0 saturated heterocycles. The van der Waals surface area contributed by atoms with Crippen LogP contribution in [0.4, 0.5) is 4.39 Å². The van der Waals surface area contributed by atoms with Crippen LogP contribution < -0.4 is 10.5 Å². The molecule has 2 N–H and O–H groups in total. The van der Waals surface area contributed by atoms with E-state index in [0.29, 0.717) is 5.75 Å². The van der Waals surface area contributed by atoms with E-state index in [0.717, 1.165) is 18.4 Å². The topological polar surface area (TPSA) is 35.2 Å². The highest BCUT2D eigenvalue weighted by Gasteiger charge is 2.24. The summed E-state index contributed by atoms with van der Waals surface area (Å²) in [4.78, 5) is 0. The molecule has 1 aliphatic rings. The van der Waals surface area contributed by atoms with Gasteiger partial charge in [0, 0.05) is 24.1 Å². The molecule has 3 heteroatoms. The van der Waals surface area contributed by atoms with E-state index in [9.17, 15) is 4.39 Å². The number of hydrogen-bond donors (Lipinski definition) is 1. The molecular weight excluding hydrogens is 181 g/mol. The monoisotopic (exact) mass is 195 g/mol. The van der Waals surface area contributed by atoms with E-state index in [4.69, 9.17) is 10.5 Å². The van der Waals surface area contributed by atoms with Gasteiger partial charge in [-0.15, -0.1) is 0 Å². The van der Waals surface area contributed by atoms with Crippen molar-refractivity contribution >= 4 is 0 Å². The van der Waals surface area contributed by atoms with Gasteiger partial charge in [0.05, 0.1) is 0 Å². The molecule has 1 aliphatic heterocycles. The minimum atomic E-state index is -0.271. The Kier molecular flexibility index (Phi) is 2.42. The van der Waals surface area contributed by atoms with Crippen LogP contribution in [-0.2, 0) is 0 Å². The van der Waals surface area contributed by atoms with Gasteiger partial charge >= 0.3 is 0 Å². The molecule has 2 nitrogen and oxygen atoms in total. The summed E-state index contributed by atoms with van der Waals surface area (Å²) in [5.74, 6) is 0.336. The predicted octanol–water partition coefficient (Wildman–Crippen LogP) is 2.39. The van der Waals surface area contributed by atoms with E-state index in [2.05, 4.69) is 0 Å². The summed E-state index contributed by atoms with van der Waals surface area (Å²) in [7, 11) is 0. The first-order valence-electron chi connectivity index (χ1n) is 4.92. The lowest BCUT2D eigenvalue weighted by atomic mass is 9.96. The highest BCUT2D eigenvalue weighted by molar-refractivity contribution is 5.38. The summed E-state index contributed by atoms with van der Waals surface area (Å²) >= 11 is 0. The summed E-state index contributed by atoms with van der Waals surface area (Å²) < 4.78 is 18.5. The fourth-order valence-corrected chi connectivity index (χ4v) is 1.80. The second-order valence-corrected chi connectivity index (χ2v) is 3.67. The SMILES string of the molecule is CCC1C[C@H](N)c2ccc(F)cc2O1. The van der Waals surface area contributed by atoms with Crippen molar-refractivity contribution in [1.29, 1.82) is 0 Å². The van der Waals surface area contributed by atoms with Crippen LogP contribution in [0.1, 0.15) is 31.4 Å². The fraction of sp³-hybridized carbons (Fsp3) is 0.455. The van der Waals surface area contributed by atoms with E-state index in [1.54, 1.807) is 6.07 Å². The third-order valence-electron chi connectivity index (χ3n) is 2.64. The van der Waals surface area contributed by atoms with Gasteiger partial charge in [-0.25, -0.2) is 4.39 Å². The average Bonchev–Trinajstić information content (AvgIpc) is 2.16. The minimum absolute atomic E-state index is 0.0238. The zero-order valence-electron chi connectivity index (χ0n) is 8.16. The van der Waals surface area contributed by atoms with Gasteiger partial charge in [0.25, 0.3) is 0 Å². The predicted molar refractivity (Wildman–Crippen MR) is 52.7 cm³/mol. The molecule has 0 aromatic heterocycles. The summed E-state index contributed by atoms with van der Waals surface area (Å²) in [6.45, 7) is 2.04. The Bertz CT molecular complexity index is 340. The summed E-state index contributed by atoms with van der Waals surface area (Å²) in [6, 6.07) is 4.52. The largest absolute Gasteiger partial charge is 0.490 e. The van der Waals surface area contributed by atoms with E-state index >= 15 is 0 Å². The molecule has 0 bridgehead atoms. The van der Waals surface area contributed by atoms with Crippen molar-refractivity contribution in [3.8, 4) is 5.75 Å². The molecule has 2 rings (SSSR count). The third-order valence-corrected chi connectivity index (χ3v) is 2.64. The molecule has 1 aromatic carbocycles. The maximum Gasteiger partial charge on any atom is 0.127 e. The number of hydrogen-bond acceptors (Lipinski definition) is 2. The molecule has 1 unspecified atom stereocenters. The van der Waals surface area contributed by atoms with E-state index in [1.807, 2.05) is 6.92 Å². The molecule has 0 radical (unpaired) electrons. The second-order valence-electron chi connectivity index (χ2n) is 3.67. The summed E-state index contributed by atoms with van der Waals surface area (Å²) in [5.41, 5.74) is 6.87. The molecular formula is C11H14FNO. The van der Waals surface area contributed by atoms with E-state index in [1.165, 1.54) is 12.1 Å². The lowest BCUT2D eigenvalue weighted by Crippen LogP contribution is -2.28. The van der Waals surface area contributed by atoms with Crippen LogP contribution in [0.3, 0.4) is 0 Å². The van der Waals surface area contributed by atoms with Crippen LogP contribution in [0.15, 0.2) is 18.2 Å². The minimum Gasteiger partial charge on any atom is -0.490 e. The van der Waals surface area contributed by atoms with Gasteiger partial charge in [-0.3, -0.25) is 0 Å². The number of nitrogens with two attached hydrogens (primary N) is 1. The van der Waals surface area contributed by atoms with E-state index in [-0.39, 0.29) is 18.0 Å². The molecule has 0 amide bonds. The van der Waals surface area contributed by atoms with Crippen molar-refractivity contribution in [3.63, 3.8) is 0 Å². The smallest absolute Gasteiger partial charge is 0.127 e. The molecule has 0 aliphatic carbocycles. The lowest BCUT2D eigenvalue weighted by Gasteiger charge is -2.29. The number of halogens is 1. The maximum absolute atomic E-state index is 12.9. The Balaban J connectivity index is 2.35. The zero-order valence-corrected chi connectivity index (χ0v) is 8.16.